The Morgan fingerprint density at radius 3 is 2.64 bits per heavy atom. The summed E-state index contributed by atoms with van der Waals surface area (Å²) in [5.74, 6) is 0.511. The number of carbonyl (C=O) groups is 2. The van der Waals surface area contributed by atoms with Gasteiger partial charge in [-0.2, -0.15) is 0 Å². The molecule has 0 aliphatic heterocycles. The minimum atomic E-state index is -0.339. The van der Waals surface area contributed by atoms with Crippen LogP contribution in [0.1, 0.15) is 17.9 Å². The quantitative estimate of drug-likeness (QED) is 0.381. The molecule has 176 valence electrons. The molecule has 1 aromatic carbocycles. The van der Waals surface area contributed by atoms with Gasteiger partial charge in [-0.1, -0.05) is 22.0 Å². The lowest BCUT2D eigenvalue weighted by Crippen LogP contribution is -2.44. The summed E-state index contributed by atoms with van der Waals surface area (Å²) in [7, 11) is 3.55. The van der Waals surface area contributed by atoms with Gasteiger partial charge in [0.05, 0.1) is 19.4 Å². The standard InChI is InChI=1S/C24H29BrN4O4/c1-27-11-4-9-21(27)16-29(17-22-10-5-14-33-22)23(30)18-28(12-6-13-32-2)24(31)26-20-8-3-7-19(25)15-20/h3-5,7-11,14-15H,6,12-13,16-18H2,1-2H3,(H,26,31). The van der Waals surface area contributed by atoms with E-state index in [9.17, 15) is 9.59 Å². The number of amides is 3. The van der Waals surface area contributed by atoms with Gasteiger partial charge in [-0.05, 0) is 48.9 Å². The molecule has 33 heavy (non-hydrogen) atoms. The lowest BCUT2D eigenvalue weighted by atomic mass is 10.3. The molecule has 9 heteroatoms. The molecule has 0 saturated heterocycles. The Balaban J connectivity index is 1.74. The van der Waals surface area contributed by atoms with Crippen LogP contribution < -0.4 is 5.32 Å². The van der Waals surface area contributed by atoms with Gasteiger partial charge in [0.25, 0.3) is 0 Å². The van der Waals surface area contributed by atoms with Gasteiger partial charge >= 0.3 is 6.03 Å². The zero-order valence-electron chi connectivity index (χ0n) is 18.9. The average Bonchev–Trinajstić information content (AvgIpc) is 3.44. The highest BCUT2D eigenvalue weighted by atomic mass is 79.9. The van der Waals surface area contributed by atoms with Crippen LogP contribution in [0.3, 0.4) is 0 Å². The van der Waals surface area contributed by atoms with Gasteiger partial charge in [-0.25, -0.2) is 4.79 Å². The molecule has 1 N–H and O–H groups in total. The molecular weight excluding hydrogens is 488 g/mol. The van der Waals surface area contributed by atoms with E-state index >= 15 is 0 Å². The maximum Gasteiger partial charge on any atom is 0.322 e. The van der Waals surface area contributed by atoms with E-state index in [1.54, 1.807) is 30.4 Å². The Morgan fingerprint density at radius 1 is 1.12 bits per heavy atom. The molecule has 0 saturated carbocycles. The van der Waals surface area contributed by atoms with E-state index < -0.39 is 0 Å². The minimum absolute atomic E-state index is 0.0608. The number of ether oxygens (including phenoxy) is 1. The molecular formula is C24H29BrN4O4. The molecule has 2 heterocycles. The number of aryl methyl sites for hydroxylation is 1. The highest BCUT2D eigenvalue weighted by Gasteiger charge is 2.23. The first-order valence-corrected chi connectivity index (χ1v) is 11.5. The SMILES string of the molecule is COCCCN(CC(=O)N(Cc1ccco1)Cc1cccn1C)C(=O)Nc1cccc(Br)c1. The maximum absolute atomic E-state index is 13.4. The lowest BCUT2D eigenvalue weighted by molar-refractivity contribution is -0.133. The molecule has 3 amide bonds. The highest BCUT2D eigenvalue weighted by Crippen LogP contribution is 2.17. The Labute approximate surface area is 202 Å². The van der Waals surface area contributed by atoms with E-state index in [1.165, 1.54) is 4.90 Å². The molecule has 0 spiro atoms. The summed E-state index contributed by atoms with van der Waals surface area (Å²) >= 11 is 3.41. The number of benzene rings is 1. The lowest BCUT2D eigenvalue weighted by Gasteiger charge is -2.27. The molecule has 0 aliphatic carbocycles. The summed E-state index contributed by atoms with van der Waals surface area (Å²) in [6.07, 6.45) is 4.14. The number of carbonyl (C=O) groups excluding carboxylic acids is 2. The van der Waals surface area contributed by atoms with Crippen LogP contribution in [-0.2, 0) is 29.7 Å². The molecule has 2 aromatic heterocycles. The van der Waals surface area contributed by atoms with Crippen molar-refractivity contribution in [2.45, 2.75) is 19.5 Å². The third-order valence-electron chi connectivity index (χ3n) is 5.15. The first-order valence-electron chi connectivity index (χ1n) is 10.7. The Bertz CT molecular complexity index is 1030. The summed E-state index contributed by atoms with van der Waals surface area (Å²) < 4.78 is 13.4. The van der Waals surface area contributed by atoms with E-state index in [1.807, 2.05) is 54.2 Å². The molecule has 3 aromatic rings. The van der Waals surface area contributed by atoms with Crippen molar-refractivity contribution >= 4 is 33.6 Å². The fraction of sp³-hybridized carbons (Fsp3) is 0.333. The van der Waals surface area contributed by atoms with Crippen LogP contribution in [-0.4, -0.2) is 53.1 Å². The Hall–Kier alpha value is -3.04. The number of urea groups is 1. The van der Waals surface area contributed by atoms with Crippen molar-refractivity contribution < 1.29 is 18.7 Å². The summed E-state index contributed by atoms with van der Waals surface area (Å²) in [4.78, 5) is 29.6. The van der Waals surface area contributed by atoms with Crippen LogP contribution in [0.2, 0.25) is 0 Å². The predicted molar refractivity (Wildman–Crippen MR) is 130 cm³/mol. The normalized spacial score (nSPS) is 10.8. The van der Waals surface area contributed by atoms with Gasteiger partial charge in [0.15, 0.2) is 0 Å². The zero-order chi connectivity index (χ0) is 23.6. The van der Waals surface area contributed by atoms with Crippen molar-refractivity contribution in [2.75, 3.05) is 32.1 Å². The van der Waals surface area contributed by atoms with E-state index in [-0.39, 0.29) is 18.5 Å². The number of nitrogens with zero attached hydrogens (tertiary/aromatic N) is 3. The second-order valence-corrected chi connectivity index (χ2v) is 8.56. The summed E-state index contributed by atoms with van der Waals surface area (Å²) in [5.41, 5.74) is 1.63. The number of halogens is 1. The van der Waals surface area contributed by atoms with E-state index in [4.69, 9.17) is 9.15 Å². The van der Waals surface area contributed by atoms with Crippen molar-refractivity contribution in [3.63, 3.8) is 0 Å². The molecule has 8 nitrogen and oxygen atoms in total. The molecule has 0 bridgehead atoms. The Morgan fingerprint density at radius 2 is 1.97 bits per heavy atom. The van der Waals surface area contributed by atoms with Crippen molar-refractivity contribution in [3.05, 3.63) is 76.9 Å². The zero-order valence-corrected chi connectivity index (χ0v) is 20.5. The fourth-order valence-electron chi connectivity index (χ4n) is 3.36. The number of rotatable bonds is 11. The molecule has 0 radical (unpaired) electrons. The minimum Gasteiger partial charge on any atom is -0.467 e. The van der Waals surface area contributed by atoms with Crippen molar-refractivity contribution in [3.8, 4) is 0 Å². The van der Waals surface area contributed by atoms with Gasteiger partial charge in [0.2, 0.25) is 5.91 Å². The fourth-order valence-corrected chi connectivity index (χ4v) is 3.76. The molecule has 0 unspecified atom stereocenters. The molecule has 0 fully saturated rings. The van der Waals surface area contributed by atoms with Gasteiger partial charge in [0.1, 0.15) is 12.3 Å². The number of anilines is 1. The van der Waals surface area contributed by atoms with Gasteiger partial charge in [-0.3, -0.25) is 4.79 Å². The third-order valence-corrected chi connectivity index (χ3v) is 5.64. The topological polar surface area (TPSA) is 80.0 Å². The van der Waals surface area contributed by atoms with Crippen molar-refractivity contribution in [2.24, 2.45) is 7.05 Å². The van der Waals surface area contributed by atoms with Gasteiger partial charge in [0, 0.05) is 49.4 Å². The van der Waals surface area contributed by atoms with E-state index in [0.29, 0.717) is 44.1 Å². The smallest absolute Gasteiger partial charge is 0.322 e. The van der Waals surface area contributed by atoms with E-state index in [0.717, 1.165) is 10.2 Å². The molecule has 3 rings (SSSR count). The van der Waals surface area contributed by atoms with Gasteiger partial charge in [-0.15, -0.1) is 0 Å². The molecule has 0 atom stereocenters. The number of aromatic nitrogens is 1. The highest BCUT2D eigenvalue weighted by molar-refractivity contribution is 9.10. The van der Waals surface area contributed by atoms with Gasteiger partial charge < -0.3 is 28.8 Å². The number of hydrogen-bond acceptors (Lipinski definition) is 4. The van der Waals surface area contributed by atoms with Crippen LogP contribution in [0.25, 0.3) is 0 Å². The summed E-state index contributed by atoms with van der Waals surface area (Å²) in [5, 5.41) is 2.88. The first kappa shape index (κ1) is 24.6. The second-order valence-electron chi connectivity index (χ2n) is 7.65. The van der Waals surface area contributed by atoms with E-state index in [2.05, 4.69) is 21.2 Å². The van der Waals surface area contributed by atoms with Crippen LogP contribution in [0.5, 0.6) is 0 Å². The summed E-state index contributed by atoms with van der Waals surface area (Å²) in [6.45, 7) is 1.54. The van der Waals surface area contributed by atoms with Crippen LogP contribution >= 0.6 is 15.9 Å². The first-order chi connectivity index (χ1) is 16.0. The number of methoxy groups -OCH3 is 1. The van der Waals surface area contributed by atoms with Crippen LogP contribution in [0.15, 0.2) is 69.9 Å². The average molecular weight is 517 g/mol. The Kier molecular flexibility index (Phi) is 9.14. The number of furan rings is 1. The maximum atomic E-state index is 13.4. The molecule has 0 aliphatic rings. The van der Waals surface area contributed by atoms with Crippen molar-refractivity contribution in [1.82, 2.24) is 14.4 Å². The van der Waals surface area contributed by atoms with Crippen LogP contribution in [0, 0.1) is 0 Å². The largest absolute Gasteiger partial charge is 0.467 e. The second kappa shape index (κ2) is 12.3. The third kappa shape index (κ3) is 7.50. The number of nitrogens with one attached hydrogen (secondary N) is 1. The van der Waals surface area contributed by atoms with Crippen molar-refractivity contribution in [1.29, 1.82) is 0 Å². The van der Waals surface area contributed by atoms with Crippen LogP contribution in [0.4, 0.5) is 10.5 Å². The predicted octanol–water partition coefficient (Wildman–Crippen LogP) is 4.48. The monoisotopic (exact) mass is 516 g/mol. The summed E-state index contributed by atoms with van der Waals surface area (Å²) in [6, 6.07) is 14.5. The number of hydrogen-bond donors (Lipinski definition) is 1.